The van der Waals surface area contributed by atoms with E-state index >= 15 is 0 Å². The quantitative estimate of drug-likeness (QED) is 0.781. The van der Waals surface area contributed by atoms with Crippen LogP contribution in [0.5, 0.6) is 0 Å². The first-order chi connectivity index (χ1) is 10.0. The number of fused-ring (bicyclic) bond motifs is 1. The molecule has 0 atom stereocenters. The highest BCUT2D eigenvalue weighted by molar-refractivity contribution is 6.31. The second-order valence-corrected chi connectivity index (χ2v) is 5.42. The third-order valence-corrected chi connectivity index (χ3v) is 3.69. The number of carbonyl (C=O) groups is 1. The number of anilines is 1. The van der Waals surface area contributed by atoms with E-state index in [9.17, 15) is 4.79 Å². The molecule has 5 heteroatoms. The molecule has 2 heterocycles. The Morgan fingerprint density at radius 3 is 2.81 bits per heavy atom. The summed E-state index contributed by atoms with van der Waals surface area (Å²) in [6.07, 6.45) is 3.59. The van der Waals surface area contributed by atoms with Crippen LogP contribution >= 0.6 is 11.6 Å². The largest absolute Gasteiger partial charge is 0.321 e. The Hall–Kier alpha value is -2.33. The predicted octanol–water partition coefficient (Wildman–Crippen LogP) is 3.86. The van der Waals surface area contributed by atoms with E-state index in [1.807, 2.05) is 48.7 Å². The van der Waals surface area contributed by atoms with Gasteiger partial charge in [0, 0.05) is 23.1 Å². The molecule has 0 aliphatic rings. The SMILES string of the molecule is Cc1ccn2cc(C(=O)Nc3ccc(C)c(Cl)c3)nc2c1. The number of aromatic nitrogens is 2. The predicted molar refractivity (Wildman–Crippen MR) is 84.1 cm³/mol. The minimum absolute atomic E-state index is 0.253. The highest BCUT2D eigenvalue weighted by Gasteiger charge is 2.11. The van der Waals surface area contributed by atoms with Gasteiger partial charge in [0.25, 0.3) is 5.91 Å². The summed E-state index contributed by atoms with van der Waals surface area (Å²) >= 11 is 6.05. The molecule has 0 aliphatic carbocycles. The lowest BCUT2D eigenvalue weighted by atomic mass is 10.2. The maximum atomic E-state index is 12.2. The summed E-state index contributed by atoms with van der Waals surface area (Å²) < 4.78 is 1.82. The zero-order chi connectivity index (χ0) is 15.0. The van der Waals surface area contributed by atoms with Gasteiger partial charge in [-0.15, -0.1) is 0 Å². The number of nitrogens with one attached hydrogen (secondary N) is 1. The van der Waals surface area contributed by atoms with E-state index in [-0.39, 0.29) is 5.91 Å². The first kappa shape index (κ1) is 13.6. The molecule has 1 amide bonds. The van der Waals surface area contributed by atoms with Crippen molar-refractivity contribution in [2.24, 2.45) is 0 Å². The molecule has 106 valence electrons. The second-order valence-electron chi connectivity index (χ2n) is 5.01. The number of benzene rings is 1. The number of aryl methyl sites for hydroxylation is 2. The lowest BCUT2D eigenvalue weighted by molar-refractivity contribution is 0.102. The number of nitrogens with zero attached hydrogens (tertiary/aromatic N) is 2. The van der Waals surface area contributed by atoms with Crippen molar-refractivity contribution in [2.45, 2.75) is 13.8 Å². The third kappa shape index (κ3) is 2.76. The van der Waals surface area contributed by atoms with Crippen LogP contribution in [0.25, 0.3) is 5.65 Å². The second kappa shape index (κ2) is 5.22. The van der Waals surface area contributed by atoms with Crippen molar-refractivity contribution < 1.29 is 4.79 Å². The standard InChI is InChI=1S/C16H14ClN3O/c1-10-5-6-20-9-14(19-15(20)7-10)16(21)18-12-4-3-11(2)13(17)8-12/h3-9H,1-2H3,(H,18,21). The van der Waals surface area contributed by atoms with Gasteiger partial charge in [0.05, 0.1) is 0 Å². The van der Waals surface area contributed by atoms with Gasteiger partial charge >= 0.3 is 0 Å². The monoisotopic (exact) mass is 299 g/mol. The first-order valence-corrected chi connectivity index (χ1v) is 6.93. The minimum Gasteiger partial charge on any atom is -0.321 e. The molecule has 0 saturated carbocycles. The highest BCUT2D eigenvalue weighted by atomic mass is 35.5. The summed E-state index contributed by atoms with van der Waals surface area (Å²) in [7, 11) is 0. The molecule has 3 rings (SSSR count). The Kier molecular flexibility index (Phi) is 3.39. The lowest BCUT2D eigenvalue weighted by Crippen LogP contribution is -2.12. The Bertz CT molecular complexity index is 839. The summed E-state index contributed by atoms with van der Waals surface area (Å²) in [6, 6.07) is 9.31. The molecule has 0 aliphatic heterocycles. The van der Waals surface area contributed by atoms with Gasteiger partial charge in [0.1, 0.15) is 11.3 Å². The van der Waals surface area contributed by atoms with E-state index in [2.05, 4.69) is 10.3 Å². The summed E-state index contributed by atoms with van der Waals surface area (Å²) in [6.45, 7) is 3.90. The summed E-state index contributed by atoms with van der Waals surface area (Å²) in [5.41, 5.74) is 3.85. The van der Waals surface area contributed by atoms with Crippen LogP contribution in [-0.2, 0) is 0 Å². The van der Waals surface area contributed by atoms with Crippen molar-refractivity contribution in [2.75, 3.05) is 5.32 Å². The molecule has 0 spiro atoms. The van der Waals surface area contributed by atoms with Gasteiger partial charge in [-0.05, 0) is 49.2 Å². The number of rotatable bonds is 2. The fourth-order valence-electron chi connectivity index (χ4n) is 2.06. The van der Waals surface area contributed by atoms with Gasteiger partial charge in [-0.25, -0.2) is 4.98 Å². The van der Waals surface area contributed by atoms with Crippen LogP contribution in [0.4, 0.5) is 5.69 Å². The summed E-state index contributed by atoms with van der Waals surface area (Å²) in [5, 5.41) is 3.43. The molecule has 1 aromatic carbocycles. The van der Waals surface area contributed by atoms with Crippen LogP contribution in [0, 0.1) is 13.8 Å². The molecule has 4 nitrogen and oxygen atoms in total. The van der Waals surface area contributed by atoms with E-state index in [0.717, 1.165) is 16.8 Å². The average Bonchev–Trinajstić information content (AvgIpc) is 2.86. The van der Waals surface area contributed by atoms with Crippen molar-refractivity contribution in [3.8, 4) is 0 Å². The zero-order valence-corrected chi connectivity index (χ0v) is 12.5. The highest BCUT2D eigenvalue weighted by Crippen LogP contribution is 2.20. The third-order valence-electron chi connectivity index (χ3n) is 3.28. The minimum atomic E-state index is -0.253. The molecule has 0 fully saturated rings. The lowest BCUT2D eigenvalue weighted by Gasteiger charge is -2.05. The van der Waals surface area contributed by atoms with Crippen LogP contribution < -0.4 is 5.32 Å². The van der Waals surface area contributed by atoms with Crippen LogP contribution in [0.2, 0.25) is 5.02 Å². The van der Waals surface area contributed by atoms with Crippen molar-refractivity contribution in [1.82, 2.24) is 9.38 Å². The van der Waals surface area contributed by atoms with Gasteiger partial charge in [0.15, 0.2) is 0 Å². The smallest absolute Gasteiger partial charge is 0.275 e. The van der Waals surface area contributed by atoms with Gasteiger partial charge < -0.3 is 9.72 Å². The van der Waals surface area contributed by atoms with Gasteiger partial charge in [-0.3, -0.25) is 4.79 Å². The summed E-state index contributed by atoms with van der Waals surface area (Å²) in [5.74, 6) is -0.253. The van der Waals surface area contributed by atoms with E-state index < -0.39 is 0 Å². The number of imidazole rings is 1. The zero-order valence-electron chi connectivity index (χ0n) is 11.7. The maximum absolute atomic E-state index is 12.2. The molecule has 0 bridgehead atoms. The molecule has 0 saturated heterocycles. The molecule has 3 aromatic rings. The molecule has 1 N–H and O–H groups in total. The molecule has 0 radical (unpaired) electrons. The normalized spacial score (nSPS) is 10.8. The number of hydrogen-bond acceptors (Lipinski definition) is 2. The van der Waals surface area contributed by atoms with Crippen LogP contribution in [-0.4, -0.2) is 15.3 Å². The Labute approximate surface area is 127 Å². The number of pyridine rings is 1. The van der Waals surface area contributed by atoms with E-state index in [4.69, 9.17) is 11.6 Å². The van der Waals surface area contributed by atoms with Crippen LogP contribution in [0.15, 0.2) is 42.7 Å². The average molecular weight is 300 g/mol. The Morgan fingerprint density at radius 2 is 2.05 bits per heavy atom. The topological polar surface area (TPSA) is 46.4 Å². The van der Waals surface area contributed by atoms with E-state index in [1.54, 1.807) is 12.3 Å². The van der Waals surface area contributed by atoms with Crippen molar-refractivity contribution in [3.05, 3.63) is 64.6 Å². The molecular formula is C16H14ClN3O. The number of amides is 1. The molecule has 21 heavy (non-hydrogen) atoms. The maximum Gasteiger partial charge on any atom is 0.275 e. The Morgan fingerprint density at radius 1 is 1.24 bits per heavy atom. The number of hydrogen-bond donors (Lipinski definition) is 1. The molecule has 2 aromatic heterocycles. The molecule has 0 unspecified atom stereocenters. The van der Waals surface area contributed by atoms with Crippen molar-refractivity contribution in [1.29, 1.82) is 0 Å². The summed E-state index contributed by atoms with van der Waals surface area (Å²) in [4.78, 5) is 16.6. The van der Waals surface area contributed by atoms with E-state index in [0.29, 0.717) is 16.4 Å². The number of carbonyl (C=O) groups excluding carboxylic acids is 1. The first-order valence-electron chi connectivity index (χ1n) is 6.56. The van der Waals surface area contributed by atoms with Gasteiger partial charge in [-0.2, -0.15) is 0 Å². The fraction of sp³-hybridized carbons (Fsp3) is 0.125. The van der Waals surface area contributed by atoms with E-state index in [1.165, 1.54) is 0 Å². The molecular weight excluding hydrogens is 286 g/mol. The number of halogens is 1. The van der Waals surface area contributed by atoms with Crippen LogP contribution in [0.3, 0.4) is 0 Å². The van der Waals surface area contributed by atoms with Gasteiger partial charge in [0.2, 0.25) is 0 Å². The van der Waals surface area contributed by atoms with Crippen molar-refractivity contribution >= 4 is 28.8 Å². The fourth-order valence-corrected chi connectivity index (χ4v) is 2.24. The van der Waals surface area contributed by atoms with Crippen LogP contribution in [0.1, 0.15) is 21.6 Å². The van der Waals surface area contributed by atoms with Crippen molar-refractivity contribution in [3.63, 3.8) is 0 Å². The van der Waals surface area contributed by atoms with Gasteiger partial charge in [-0.1, -0.05) is 17.7 Å². The Balaban J connectivity index is 1.87.